The zero-order valence-corrected chi connectivity index (χ0v) is 17.9. The highest BCUT2D eigenvalue weighted by molar-refractivity contribution is 7.10. The van der Waals surface area contributed by atoms with Crippen LogP contribution >= 0.6 is 11.3 Å². The topological polar surface area (TPSA) is 76.1 Å². The van der Waals surface area contributed by atoms with Crippen molar-refractivity contribution in [2.24, 2.45) is 0 Å². The van der Waals surface area contributed by atoms with Gasteiger partial charge in [-0.1, -0.05) is 24.3 Å². The molecule has 3 aromatic rings. The lowest BCUT2D eigenvalue weighted by Gasteiger charge is -2.24. The summed E-state index contributed by atoms with van der Waals surface area (Å²) in [7, 11) is 1.49. The smallest absolute Gasteiger partial charge is 0.300 e. The highest BCUT2D eigenvalue weighted by atomic mass is 32.1. The lowest BCUT2D eigenvalue weighted by molar-refractivity contribution is -0.132. The first kappa shape index (κ1) is 20.7. The number of Topliss-reactive ketones (excluding diaryl/α,β-unsaturated/α-hetero) is 1. The number of rotatable bonds is 6. The van der Waals surface area contributed by atoms with Crippen molar-refractivity contribution in [3.63, 3.8) is 0 Å². The molecule has 2 aromatic carbocycles. The molecular weight excluding hydrogens is 414 g/mol. The third-order valence-electron chi connectivity index (χ3n) is 5.03. The number of hydrogen-bond donors (Lipinski definition) is 1. The van der Waals surface area contributed by atoms with E-state index in [-0.39, 0.29) is 11.3 Å². The SMILES string of the molecule is CCOc1cccc(N2C(=O)C(=O)/C(=C(\O)c3ccccc3OC)C2c2cccs2)c1. The lowest BCUT2D eigenvalue weighted by atomic mass is 9.99. The van der Waals surface area contributed by atoms with Gasteiger partial charge in [-0.2, -0.15) is 0 Å². The minimum Gasteiger partial charge on any atom is -0.507 e. The maximum Gasteiger partial charge on any atom is 0.300 e. The molecule has 1 saturated heterocycles. The van der Waals surface area contributed by atoms with Gasteiger partial charge in [-0.05, 0) is 42.6 Å². The van der Waals surface area contributed by atoms with Crippen molar-refractivity contribution in [3.05, 3.63) is 82.1 Å². The van der Waals surface area contributed by atoms with Crippen molar-refractivity contribution >= 4 is 34.5 Å². The van der Waals surface area contributed by atoms with Gasteiger partial charge in [0.1, 0.15) is 23.3 Å². The molecule has 0 spiro atoms. The van der Waals surface area contributed by atoms with Crippen molar-refractivity contribution in [3.8, 4) is 11.5 Å². The molecule has 1 unspecified atom stereocenters. The number of amides is 1. The second-order valence-corrected chi connectivity index (χ2v) is 7.79. The van der Waals surface area contributed by atoms with E-state index in [1.54, 1.807) is 48.5 Å². The first-order valence-electron chi connectivity index (χ1n) is 9.77. The highest BCUT2D eigenvalue weighted by Crippen LogP contribution is 2.44. The van der Waals surface area contributed by atoms with E-state index < -0.39 is 17.7 Å². The van der Waals surface area contributed by atoms with Gasteiger partial charge >= 0.3 is 0 Å². The summed E-state index contributed by atoms with van der Waals surface area (Å²) in [5.74, 6) is -0.712. The van der Waals surface area contributed by atoms with Crippen molar-refractivity contribution < 1.29 is 24.2 Å². The molecule has 1 aliphatic heterocycles. The van der Waals surface area contributed by atoms with Crippen LogP contribution in [0.15, 0.2) is 71.6 Å². The van der Waals surface area contributed by atoms with Crippen LogP contribution in [0.2, 0.25) is 0 Å². The number of ketones is 1. The largest absolute Gasteiger partial charge is 0.507 e. The molecule has 0 bridgehead atoms. The van der Waals surface area contributed by atoms with Crippen LogP contribution < -0.4 is 14.4 Å². The summed E-state index contributed by atoms with van der Waals surface area (Å²) in [6, 6.07) is 16.8. The lowest BCUT2D eigenvalue weighted by Crippen LogP contribution is -2.29. The molecule has 7 heteroatoms. The van der Waals surface area contributed by atoms with Gasteiger partial charge in [0, 0.05) is 16.6 Å². The number of carbonyl (C=O) groups is 2. The molecule has 4 rings (SSSR count). The van der Waals surface area contributed by atoms with E-state index in [9.17, 15) is 14.7 Å². The first-order valence-corrected chi connectivity index (χ1v) is 10.7. The van der Waals surface area contributed by atoms with Crippen molar-refractivity contribution in [2.75, 3.05) is 18.6 Å². The van der Waals surface area contributed by atoms with Crippen molar-refractivity contribution in [1.29, 1.82) is 0 Å². The number of carbonyl (C=O) groups excluding carboxylic acids is 2. The predicted molar refractivity (Wildman–Crippen MR) is 120 cm³/mol. The minimum atomic E-state index is -0.762. The third-order valence-corrected chi connectivity index (χ3v) is 5.95. The second kappa shape index (κ2) is 8.65. The third kappa shape index (κ3) is 3.68. The van der Waals surface area contributed by atoms with Crippen LogP contribution in [-0.4, -0.2) is 30.5 Å². The zero-order chi connectivity index (χ0) is 22.0. The van der Waals surface area contributed by atoms with E-state index in [1.165, 1.54) is 23.3 Å². The van der Waals surface area contributed by atoms with Gasteiger partial charge in [-0.15, -0.1) is 11.3 Å². The molecule has 1 aromatic heterocycles. The van der Waals surface area contributed by atoms with E-state index in [1.807, 2.05) is 24.4 Å². The Labute approximate surface area is 184 Å². The number of ether oxygens (including phenoxy) is 2. The molecule has 1 amide bonds. The number of methoxy groups -OCH3 is 1. The van der Waals surface area contributed by atoms with Crippen LogP contribution in [0.5, 0.6) is 11.5 Å². The second-order valence-electron chi connectivity index (χ2n) is 6.82. The molecule has 1 N–H and O–H groups in total. The van der Waals surface area contributed by atoms with E-state index in [2.05, 4.69) is 0 Å². The molecule has 1 aliphatic rings. The van der Waals surface area contributed by atoms with Gasteiger partial charge in [-0.25, -0.2) is 0 Å². The number of benzene rings is 2. The normalized spacial score (nSPS) is 17.7. The van der Waals surface area contributed by atoms with Gasteiger partial charge in [-0.3, -0.25) is 14.5 Å². The van der Waals surface area contributed by atoms with Gasteiger partial charge in [0.05, 0.1) is 24.9 Å². The molecule has 1 atom stereocenters. The van der Waals surface area contributed by atoms with Crippen LogP contribution in [0, 0.1) is 0 Å². The number of aliphatic hydroxyl groups is 1. The Balaban J connectivity index is 1.92. The fourth-order valence-corrected chi connectivity index (χ4v) is 4.51. The van der Waals surface area contributed by atoms with E-state index in [0.29, 0.717) is 29.4 Å². The summed E-state index contributed by atoms with van der Waals surface area (Å²) >= 11 is 1.41. The minimum absolute atomic E-state index is 0.0266. The maximum atomic E-state index is 13.1. The summed E-state index contributed by atoms with van der Waals surface area (Å²) < 4.78 is 10.9. The molecule has 0 saturated carbocycles. The van der Waals surface area contributed by atoms with Gasteiger partial charge in [0.2, 0.25) is 0 Å². The molecule has 0 aliphatic carbocycles. The van der Waals surface area contributed by atoms with Crippen LogP contribution in [0.3, 0.4) is 0 Å². The molecule has 0 radical (unpaired) electrons. The quantitative estimate of drug-likeness (QED) is 0.343. The number of hydrogen-bond acceptors (Lipinski definition) is 6. The van der Waals surface area contributed by atoms with Crippen molar-refractivity contribution in [1.82, 2.24) is 0 Å². The number of aliphatic hydroxyl groups excluding tert-OH is 1. The zero-order valence-electron chi connectivity index (χ0n) is 17.1. The Bertz CT molecular complexity index is 1150. The Hall–Kier alpha value is -3.58. The molecule has 2 heterocycles. The fourth-order valence-electron chi connectivity index (χ4n) is 3.69. The molecule has 158 valence electrons. The Morgan fingerprint density at radius 2 is 1.90 bits per heavy atom. The Morgan fingerprint density at radius 1 is 1.10 bits per heavy atom. The van der Waals surface area contributed by atoms with Gasteiger partial charge in [0.25, 0.3) is 11.7 Å². The number of thiophene rings is 1. The van der Waals surface area contributed by atoms with Gasteiger partial charge in [0.15, 0.2) is 0 Å². The van der Waals surface area contributed by atoms with E-state index in [0.717, 1.165) is 4.88 Å². The number of para-hydroxylation sites is 1. The van der Waals surface area contributed by atoms with Crippen LogP contribution in [0.1, 0.15) is 23.4 Å². The monoisotopic (exact) mass is 435 g/mol. The summed E-state index contributed by atoms with van der Waals surface area (Å²) in [5.41, 5.74) is 0.900. The Kier molecular flexibility index (Phi) is 5.77. The summed E-state index contributed by atoms with van der Waals surface area (Å²) in [5, 5.41) is 13.0. The summed E-state index contributed by atoms with van der Waals surface area (Å²) in [6.45, 7) is 2.35. The van der Waals surface area contributed by atoms with Crippen LogP contribution in [0.4, 0.5) is 5.69 Å². The molecular formula is C24H21NO5S. The van der Waals surface area contributed by atoms with E-state index >= 15 is 0 Å². The molecule has 31 heavy (non-hydrogen) atoms. The first-order chi connectivity index (χ1) is 15.1. The van der Waals surface area contributed by atoms with Crippen LogP contribution in [-0.2, 0) is 9.59 Å². The number of anilines is 1. The average Bonchev–Trinajstić information content (AvgIpc) is 3.41. The fraction of sp³-hybridized carbons (Fsp3) is 0.167. The highest BCUT2D eigenvalue weighted by Gasteiger charge is 2.47. The molecule has 1 fully saturated rings. The van der Waals surface area contributed by atoms with E-state index in [4.69, 9.17) is 9.47 Å². The molecule has 6 nitrogen and oxygen atoms in total. The number of nitrogens with zero attached hydrogens (tertiary/aromatic N) is 1. The standard InChI is InChI=1S/C24H21NO5S/c1-3-30-16-9-6-8-15(14-16)25-21(19-12-7-13-31-19)20(23(27)24(25)28)22(26)17-10-4-5-11-18(17)29-2/h4-14,21,26H,3H2,1-2H3/b22-20-. The van der Waals surface area contributed by atoms with Crippen LogP contribution in [0.25, 0.3) is 5.76 Å². The Morgan fingerprint density at radius 3 is 2.61 bits per heavy atom. The maximum absolute atomic E-state index is 13.1. The van der Waals surface area contributed by atoms with Gasteiger partial charge < -0.3 is 14.6 Å². The summed E-state index contributed by atoms with van der Waals surface area (Å²) in [6.07, 6.45) is 0. The van der Waals surface area contributed by atoms with Crippen molar-refractivity contribution in [2.45, 2.75) is 13.0 Å². The predicted octanol–water partition coefficient (Wildman–Crippen LogP) is 4.78. The average molecular weight is 436 g/mol. The summed E-state index contributed by atoms with van der Waals surface area (Å²) in [4.78, 5) is 28.5.